The van der Waals surface area contributed by atoms with Crippen LogP contribution in [0, 0.1) is 17.8 Å². The van der Waals surface area contributed by atoms with Gasteiger partial charge >= 0.3 is 0 Å². The summed E-state index contributed by atoms with van der Waals surface area (Å²) in [6.07, 6.45) is 6.45. The molecule has 11 rings (SSSR count). The Morgan fingerprint density at radius 2 is 1.81 bits per heavy atom. The number of piperidine rings is 2. The van der Waals surface area contributed by atoms with Gasteiger partial charge in [0.1, 0.15) is 30.3 Å². The maximum absolute atomic E-state index is 15.6. The molecule has 4 aromatic heterocycles. The highest BCUT2D eigenvalue weighted by atomic mass is 19.3. The van der Waals surface area contributed by atoms with E-state index in [1.165, 1.54) is 16.9 Å². The third kappa shape index (κ3) is 9.01. The second-order valence-electron chi connectivity index (χ2n) is 18.8. The number of nitrogens with zero attached hydrogens (tertiary/aromatic N) is 9. The second-order valence-corrected chi connectivity index (χ2v) is 18.8. The molecule has 0 radical (unpaired) electrons. The lowest BCUT2D eigenvalue weighted by Crippen LogP contribution is -2.56. The third-order valence-electron chi connectivity index (χ3n) is 14.1. The van der Waals surface area contributed by atoms with E-state index in [-0.39, 0.29) is 66.9 Å². The number of rotatable bonds is 13. The molecule has 2 N–H and O–H groups in total. The third-order valence-corrected chi connectivity index (χ3v) is 14.1. The quantitative estimate of drug-likeness (QED) is 0.118. The number of halogens is 3. The highest BCUT2D eigenvalue weighted by molar-refractivity contribution is 6.08. The standard InChI is InChI=1S/C47H52F3N11O6/c48-36-23-57(16-14-38(36)66-18-2-4-28-3-1-5-33-41(34-12-13-40(62)54-46(34)63)56-61(43(28)33)30-10-11-30)20-27-6-8-29(9-7-27)60-24-37(42(55-60)44(49)50)52-47(64)35-19-51-59-17-15-39(53-45(35)59)58-21-31(22-58)67-32-25-65-26-32/h1,3,5,15,17,19,24,27,29-32,34,36,38,44H,6-14,16,18,20-23,25-26H2,(H,52,64)(H,54,62,63)/t27?,29?,34?,36-,38+/m1/s1. The van der Waals surface area contributed by atoms with E-state index >= 15 is 4.39 Å². The summed E-state index contributed by atoms with van der Waals surface area (Å²) in [4.78, 5) is 47.0. The number of alkyl halides is 3. The van der Waals surface area contributed by atoms with Crippen LogP contribution in [0.15, 0.2) is 42.9 Å². The predicted molar refractivity (Wildman–Crippen MR) is 237 cm³/mol. The SMILES string of the molecule is O=C1CCC(c2nn(C3CC3)c3c(C#CCO[C@H]4CCN(CC5CCC(n6cc(NC(=O)c7cnn8ccc(N9CC(OC%10COC%10)C9)nc78)c(C(F)F)n6)CC5)C[C@H]4F)cccc23)C(=O)N1. The van der Waals surface area contributed by atoms with Crippen molar-refractivity contribution in [1.82, 2.24) is 44.4 Å². The number of hydrogen-bond acceptors (Lipinski definition) is 12. The topological polar surface area (TPSA) is 175 Å². The van der Waals surface area contributed by atoms with Crippen molar-refractivity contribution in [2.75, 3.05) is 62.8 Å². The lowest BCUT2D eigenvalue weighted by atomic mass is 9.85. The number of hydrogen-bond donors (Lipinski definition) is 2. The number of benzene rings is 1. The van der Waals surface area contributed by atoms with Crippen LogP contribution in [0.2, 0.25) is 0 Å². The first-order valence-electron chi connectivity index (χ1n) is 23.4. The van der Waals surface area contributed by atoms with Gasteiger partial charge in [0.05, 0.1) is 72.1 Å². The van der Waals surface area contributed by atoms with Crippen LogP contribution in [-0.2, 0) is 23.8 Å². The molecule has 1 aromatic carbocycles. The summed E-state index contributed by atoms with van der Waals surface area (Å²) in [5.41, 5.74) is 2.23. The Labute approximate surface area is 383 Å². The van der Waals surface area contributed by atoms with Crippen molar-refractivity contribution in [3.8, 4) is 11.8 Å². The average molecular weight is 924 g/mol. The first-order valence-corrected chi connectivity index (χ1v) is 23.4. The Hall–Kier alpha value is -5.88. The molecular formula is C47H52F3N11O6. The van der Waals surface area contributed by atoms with Gasteiger partial charge in [-0.1, -0.05) is 24.0 Å². The fraction of sp³-hybridized carbons (Fsp3) is 0.553. The number of imide groups is 1. The molecular weight excluding hydrogens is 872 g/mol. The first-order chi connectivity index (χ1) is 32.6. The minimum atomic E-state index is -2.90. The maximum Gasteiger partial charge on any atom is 0.284 e. The Kier molecular flexibility index (Phi) is 11.9. The average Bonchev–Trinajstić information content (AvgIpc) is 3.71. The monoisotopic (exact) mass is 923 g/mol. The number of anilines is 2. The molecule has 3 atom stereocenters. The van der Waals surface area contributed by atoms with Crippen molar-refractivity contribution < 1.29 is 41.8 Å². The van der Waals surface area contributed by atoms with E-state index in [0.29, 0.717) is 81.6 Å². The van der Waals surface area contributed by atoms with Gasteiger partial charge in [0.25, 0.3) is 12.3 Å². The van der Waals surface area contributed by atoms with Crippen LogP contribution in [0.5, 0.6) is 0 Å². The largest absolute Gasteiger partial charge is 0.376 e. The van der Waals surface area contributed by atoms with Gasteiger partial charge in [-0.3, -0.25) is 34.0 Å². The Bertz CT molecular complexity index is 2740. The minimum Gasteiger partial charge on any atom is -0.376 e. The molecule has 67 heavy (non-hydrogen) atoms. The van der Waals surface area contributed by atoms with Crippen molar-refractivity contribution in [2.45, 2.75) is 107 Å². The van der Waals surface area contributed by atoms with Crippen LogP contribution in [-0.4, -0.2) is 134 Å². The molecule has 352 valence electrons. The first kappa shape index (κ1) is 43.7. The Balaban J connectivity index is 0.659. The summed E-state index contributed by atoms with van der Waals surface area (Å²) in [6.45, 7) is 4.29. The van der Waals surface area contributed by atoms with Crippen molar-refractivity contribution in [2.24, 2.45) is 5.92 Å². The van der Waals surface area contributed by atoms with Gasteiger partial charge in [0, 0.05) is 56.9 Å². The van der Waals surface area contributed by atoms with Crippen LogP contribution < -0.4 is 15.5 Å². The minimum absolute atomic E-state index is 0.0515. The molecule has 8 heterocycles. The van der Waals surface area contributed by atoms with E-state index in [1.807, 2.05) is 33.8 Å². The lowest BCUT2D eigenvalue weighted by Gasteiger charge is -2.42. The summed E-state index contributed by atoms with van der Waals surface area (Å²) in [5.74, 6) is 5.61. The van der Waals surface area contributed by atoms with E-state index in [1.54, 1.807) is 10.9 Å². The van der Waals surface area contributed by atoms with Gasteiger partial charge in [-0.15, -0.1) is 0 Å². The van der Waals surface area contributed by atoms with Crippen LogP contribution in [0.1, 0.15) is 110 Å². The summed E-state index contributed by atoms with van der Waals surface area (Å²) in [6, 6.07) is 7.70. The summed E-state index contributed by atoms with van der Waals surface area (Å²) >= 11 is 0. The van der Waals surface area contributed by atoms with Gasteiger partial charge < -0.3 is 24.4 Å². The molecule has 2 aliphatic carbocycles. The van der Waals surface area contributed by atoms with E-state index < -0.39 is 36.2 Å². The smallest absolute Gasteiger partial charge is 0.284 e. The maximum atomic E-state index is 15.6. The van der Waals surface area contributed by atoms with E-state index in [2.05, 4.69) is 42.6 Å². The van der Waals surface area contributed by atoms with Crippen molar-refractivity contribution in [3.05, 3.63) is 65.4 Å². The number of carbonyl (C=O) groups excluding carboxylic acids is 3. The molecule has 1 unspecified atom stereocenters. The van der Waals surface area contributed by atoms with Gasteiger partial charge in [-0.25, -0.2) is 22.7 Å². The fourth-order valence-electron chi connectivity index (χ4n) is 10.2. The van der Waals surface area contributed by atoms with Crippen LogP contribution in [0.4, 0.5) is 24.7 Å². The zero-order chi connectivity index (χ0) is 45.8. The molecule has 0 bridgehead atoms. The number of nitrogens with one attached hydrogen (secondary N) is 2. The summed E-state index contributed by atoms with van der Waals surface area (Å²) in [7, 11) is 0. The summed E-state index contributed by atoms with van der Waals surface area (Å²) < 4.78 is 66.4. The van der Waals surface area contributed by atoms with Gasteiger partial charge in [0.15, 0.2) is 11.3 Å². The molecule has 6 aliphatic rings. The van der Waals surface area contributed by atoms with Crippen LogP contribution >= 0.6 is 0 Å². The van der Waals surface area contributed by atoms with Gasteiger partial charge in [0.2, 0.25) is 11.8 Å². The molecule has 4 saturated heterocycles. The van der Waals surface area contributed by atoms with E-state index in [0.717, 1.165) is 48.7 Å². The molecule has 17 nitrogen and oxygen atoms in total. The normalized spacial score (nSPS) is 25.3. The zero-order valence-electron chi connectivity index (χ0n) is 36.9. The van der Waals surface area contributed by atoms with Crippen molar-refractivity contribution in [1.29, 1.82) is 0 Å². The Morgan fingerprint density at radius 3 is 2.55 bits per heavy atom. The second kappa shape index (κ2) is 18.3. The number of carbonyl (C=O) groups is 3. The van der Waals surface area contributed by atoms with Crippen LogP contribution in [0.3, 0.4) is 0 Å². The molecule has 3 amide bonds. The highest BCUT2D eigenvalue weighted by Gasteiger charge is 2.37. The van der Waals surface area contributed by atoms with Crippen molar-refractivity contribution in [3.63, 3.8) is 0 Å². The predicted octanol–water partition coefficient (Wildman–Crippen LogP) is 5.14. The summed E-state index contributed by atoms with van der Waals surface area (Å²) in [5, 5.41) is 19.4. The van der Waals surface area contributed by atoms with E-state index in [4.69, 9.17) is 19.3 Å². The zero-order valence-corrected chi connectivity index (χ0v) is 36.9. The highest BCUT2D eigenvalue weighted by Crippen LogP contribution is 2.41. The number of aromatic nitrogens is 7. The lowest BCUT2D eigenvalue weighted by molar-refractivity contribution is -0.158. The molecule has 5 aromatic rings. The number of amides is 3. The van der Waals surface area contributed by atoms with E-state index in [9.17, 15) is 23.2 Å². The fourth-order valence-corrected chi connectivity index (χ4v) is 10.2. The molecule has 6 fully saturated rings. The molecule has 20 heteroatoms. The van der Waals surface area contributed by atoms with Gasteiger partial charge in [-0.05, 0) is 69.4 Å². The number of fused-ring (bicyclic) bond motifs is 2. The van der Waals surface area contributed by atoms with Gasteiger partial charge in [-0.2, -0.15) is 15.3 Å². The van der Waals surface area contributed by atoms with Crippen molar-refractivity contribution >= 4 is 45.8 Å². The number of ether oxygens (including phenoxy) is 3. The Morgan fingerprint density at radius 1 is 0.985 bits per heavy atom. The van der Waals surface area contributed by atoms with Crippen LogP contribution in [0.25, 0.3) is 16.6 Å². The number of likely N-dealkylation sites (tertiary alicyclic amines) is 1. The molecule has 0 spiro atoms. The molecule has 2 saturated carbocycles. The molecule has 4 aliphatic heterocycles. The number of para-hydroxylation sites is 1.